The van der Waals surface area contributed by atoms with E-state index in [0.717, 1.165) is 5.56 Å². The highest BCUT2D eigenvalue weighted by atomic mass is 16.3. The average molecular weight is 165 g/mol. The average Bonchev–Trinajstić information content (AvgIpc) is 2.17. The lowest BCUT2D eigenvalue weighted by Crippen LogP contribution is -2.12. The van der Waals surface area contributed by atoms with Gasteiger partial charge < -0.3 is 10.4 Å². The van der Waals surface area contributed by atoms with Gasteiger partial charge in [0.1, 0.15) is 0 Å². The van der Waals surface area contributed by atoms with Crippen LogP contribution in [0.25, 0.3) is 0 Å². The Bertz CT molecular complexity index is 247. The number of aliphatic hydroxyl groups is 1. The molecule has 1 aromatic carbocycles. The van der Waals surface area contributed by atoms with E-state index in [1.54, 1.807) is 0 Å². The van der Waals surface area contributed by atoms with E-state index in [1.165, 1.54) is 5.56 Å². The van der Waals surface area contributed by atoms with E-state index in [2.05, 4.69) is 18.3 Å². The van der Waals surface area contributed by atoms with Gasteiger partial charge in [-0.15, -0.1) is 0 Å². The molecular formula is C10H15NO. The van der Waals surface area contributed by atoms with E-state index in [4.69, 9.17) is 5.11 Å². The minimum Gasteiger partial charge on any atom is -0.392 e. The molecule has 1 atom stereocenters. The molecule has 66 valence electrons. The topological polar surface area (TPSA) is 32.3 Å². The molecule has 0 spiro atoms. The highest BCUT2D eigenvalue weighted by molar-refractivity contribution is 5.25. The number of aliphatic hydroxyl groups excluding tert-OH is 1. The first-order chi connectivity index (χ1) is 5.77. The minimum absolute atomic E-state index is 0.115. The van der Waals surface area contributed by atoms with Crippen LogP contribution in [0.5, 0.6) is 0 Å². The van der Waals surface area contributed by atoms with Crippen molar-refractivity contribution in [3.05, 3.63) is 35.4 Å². The molecule has 0 aromatic heterocycles. The smallest absolute Gasteiger partial charge is 0.0681 e. The van der Waals surface area contributed by atoms with Crippen molar-refractivity contribution in [2.24, 2.45) is 0 Å². The zero-order chi connectivity index (χ0) is 8.97. The molecule has 0 aliphatic heterocycles. The molecule has 0 unspecified atom stereocenters. The predicted octanol–water partition coefficient (Wildman–Crippen LogP) is 1.46. The third-order valence-electron chi connectivity index (χ3n) is 2.07. The van der Waals surface area contributed by atoms with E-state index in [9.17, 15) is 0 Å². The molecule has 1 rings (SSSR count). The summed E-state index contributed by atoms with van der Waals surface area (Å²) in [4.78, 5) is 0. The summed E-state index contributed by atoms with van der Waals surface area (Å²) in [6.45, 7) is 2.21. The monoisotopic (exact) mass is 165 g/mol. The second-order valence-corrected chi connectivity index (χ2v) is 2.91. The Balaban J connectivity index is 2.86. The number of nitrogens with one attached hydrogen (secondary N) is 1. The number of benzene rings is 1. The van der Waals surface area contributed by atoms with Gasteiger partial charge >= 0.3 is 0 Å². The van der Waals surface area contributed by atoms with Gasteiger partial charge in [-0.25, -0.2) is 0 Å². The van der Waals surface area contributed by atoms with Crippen LogP contribution in [0.4, 0.5) is 0 Å². The third-order valence-corrected chi connectivity index (χ3v) is 2.07. The van der Waals surface area contributed by atoms with Crippen LogP contribution >= 0.6 is 0 Å². The lowest BCUT2D eigenvalue weighted by molar-refractivity contribution is 0.281. The lowest BCUT2D eigenvalue weighted by Gasteiger charge is -2.10. The second-order valence-electron chi connectivity index (χ2n) is 2.91. The molecule has 0 bridgehead atoms. The molecule has 2 nitrogen and oxygen atoms in total. The quantitative estimate of drug-likeness (QED) is 0.710. The molecular weight excluding hydrogens is 150 g/mol. The molecule has 2 N–H and O–H groups in total. The van der Waals surface area contributed by atoms with Crippen molar-refractivity contribution in [2.45, 2.75) is 19.6 Å². The molecule has 12 heavy (non-hydrogen) atoms. The maximum Gasteiger partial charge on any atom is 0.0681 e. The van der Waals surface area contributed by atoms with E-state index < -0.39 is 0 Å². The Morgan fingerprint density at radius 3 is 2.83 bits per heavy atom. The third kappa shape index (κ3) is 2.06. The molecule has 0 radical (unpaired) electrons. The van der Waals surface area contributed by atoms with E-state index in [0.29, 0.717) is 6.04 Å². The predicted molar refractivity (Wildman–Crippen MR) is 49.8 cm³/mol. The Labute approximate surface area is 73.2 Å². The Morgan fingerprint density at radius 1 is 1.50 bits per heavy atom. The van der Waals surface area contributed by atoms with Crippen LogP contribution in [0.2, 0.25) is 0 Å². The molecule has 0 saturated heterocycles. The summed E-state index contributed by atoms with van der Waals surface area (Å²) < 4.78 is 0. The molecule has 0 amide bonds. The van der Waals surface area contributed by atoms with E-state index in [-0.39, 0.29) is 6.61 Å². The number of hydrogen-bond donors (Lipinski definition) is 2. The maximum atomic E-state index is 8.90. The van der Waals surface area contributed by atoms with Crippen molar-refractivity contribution in [3.63, 3.8) is 0 Å². The van der Waals surface area contributed by atoms with Gasteiger partial charge in [-0.2, -0.15) is 0 Å². The standard InChI is InChI=1S/C10H15NO/c1-8(11-2)10-5-3-4-9(6-10)7-12/h3-6,8,11-12H,7H2,1-2H3/t8-/m1/s1. The van der Waals surface area contributed by atoms with Crippen molar-refractivity contribution >= 4 is 0 Å². The van der Waals surface area contributed by atoms with Crippen LogP contribution in [0.3, 0.4) is 0 Å². The van der Waals surface area contributed by atoms with Crippen molar-refractivity contribution in [3.8, 4) is 0 Å². The normalized spacial score (nSPS) is 12.9. The van der Waals surface area contributed by atoms with Crippen molar-refractivity contribution in [2.75, 3.05) is 7.05 Å². The summed E-state index contributed by atoms with van der Waals surface area (Å²) in [7, 11) is 1.93. The van der Waals surface area contributed by atoms with Gasteiger partial charge in [0.15, 0.2) is 0 Å². The molecule has 0 saturated carbocycles. The van der Waals surface area contributed by atoms with Gasteiger partial charge in [0.05, 0.1) is 6.61 Å². The second kappa shape index (κ2) is 4.24. The van der Waals surface area contributed by atoms with Crippen LogP contribution in [-0.4, -0.2) is 12.2 Å². The van der Waals surface area contributed by atoms with Crippen LogP contribution in [0.1, 0.15) is 24.1 Å². The highest BCUT2D eigenvalue weighted by Gasteiger charge is 2.01. The summed E-state index contributed by atoms with van der Waals surface area (Å²) in [5.74, 6) is 0. The fourth-order valence-corrected chi connectivity index (χ4v) is 1.13. The lowest BCUT2D eigenvalue weighted by atomic mass is 10.1. The number of hydrogen-bond acceptors (Lipinski definition) is 2. The zero-order valence-electron chi connectivity index (χ0n) is 7.54. The van der Waals surface area contributed by atoms with Crippen LogP contribution in [0.15, 0.2) is 24.3 Å². The Hall–Kier alpha value is -0.860. The van der Waals surface area contributed by atoms with Gasteiger partial charge in [-0.3, -0.25) is 0 Å². The van der Waals surface area contributed by atoms with Crippen LogP contribution in [0, 0.1) is 0 Å². The number of rotatable bonds is 3. The fourth-order valence-electron chi connectivity index (χ4n) is 1.13. The first kappa shape index (κ1) is 9.23. The van der Waals surface area contributed by atoms with Gasteiger partial charge in [0, 0.05) is 6.04 Å². The molecule has 0 fully saturated rings. The van der Waals surface area contributed by atoms with Crippen LogP contribution < -0.4 is 5.32 Å². The Morgan fingerprint density at radius 2 is 2.25 bits per heavy atom. The molecule has 0 heterocycles. The molecule has 2 heteroatoms. The first-order valence-corrected chi connectivity index (χ1v) is 4.15. The van der Waals surface area contributed by atoms with Gasteiger partial charge in [-0.1, -0.05) is 24.3 Å². The first-order valence-electron chi connectivity index (χ1n) is 4.15. The largest absolute Gasteiger partial charge is 0.392 e. The molecule has 1 aromatic rings. The van der Waals surface area contributed by atoms with Crippen molar-refractivity contribution in [1.29, 1.82) is 0 Å². The minimum atomic E-state index is 0.115. The van der Waals surface area contributed by atoms with E-state index in [1.807, 2.05) is 25.2 Å². The SMILES string of the molecule is CN[C@H](C)c1cccc(CO)c1. The summed E-state index contributed by atoms with van der Waals surface area (Å²) >= 11 is 0. The van der Waals surface area contributed by atoms with Gasteiger partial charge in [0.2, 0.25) is 0 Å². The molecule has 0 aliphatic rings. The highest BCUT2D eigenvalue weighted by Crippen LogP contribution is 2.13. The van der Waals surface area contributed by atoms with Gasteiger partial charge in [-0.05, 0) is 25.1 Å². The maximum absolute atomic E-state index is 8.90. The van der Waals surface area contributed by atoms with Crippen molar-refractivity contribution in [1.82, 2.24) is 5.32 Å². The Kier molecular flexibility index (Phi) is 3.26. The fraction of sp³-hybridized carbons (Fsp3) is 0.400. The van der Waals surface area contributed by atoms with Gasteiger partial charge in [0.25, 0.3) is 0 Å². The zero-order valence-corrected chi connectivity index (χ0v) is 7.54. The van der Waals surface area contributed by atoms with E-state index >= 15 is 0 Å². The summed E-state index contributed by atoms with van der Waals surface area (Å²) in [5, 5.41) is 12.0. The summed E-state index contributed by atoms with van der Waals surface area (Å²) in [6.07, 6.45) is 0. The summed E-state index contributed by atoms with van der Waals surface area (Å²) in [6, 6.07) is 8.30. The van der Waals surface area contributed by atoms with Crippen molar-refractivity contribution < 1.29 is 5.11 Å². The summed E-state index contributed by atoms with van der Waals surface area (Å²) in [5.41, 5.74) is 2.18. The van der Waals surface area contributed by atoms with Crippen LogP contribution in [-0.2, 0) is 6.61 Å². The molecule has 0 aliphatic carbocycles.